The monoisotopic (exact) mass is 244 g/mol. The SMILES string of the molecule is Cc1[nH]c2ccccc2c1C(CCCN)C(C)C. The fourth-order valence-corrected chi connectivity index (χ4v) is 2.92. The maximum absolute atomic E-state index is 5.67. The molecule has 1 aromatic carbocycles. The van der Waals surface area contributed by atoms with Gasteiger partial charge in [-0.05, 0) is 49.8 Å². The van der Waals surface area contributed by atoms with Crippen LogP contribution >= 0.6 is 0 Å². The minimum absolute atomic E-state index is 0.602. The Morgan fingerprint density at radius 2 is 1.94 bits per heavy atom. The van der Waals surface area contributed by atoms with Crippen LogP contribution in [0.15, 0.2) is 24.3 Å². The Kier molecular flexibility index (Phi) is 4.07. The molecule has 0 aliphatic rings. The number of H-pyrrole nitrogens is 1. The van der Waals surface area contributed by atoms with E-state index in [1.807, 2.05) is 0 Å². The molecule has 2 aromatic rings. The Balaban J connectivity index is 2.46. The molecule has 0 radical (unpaired) electrons. The van der Waals surface area contributed by atoms with E-state index in [2.05, 4.69) is 50.0 Å². The van der Waals surface area contributed by atoms with Crippen molar-refractivity contribution in [1.82, 2.24) is 4.98 Å². The number of fused-ring (bicyclic) bond motifs is 1. The van der Waals surface area contributed by atoms with Crippen LogP contribution in [0.5, 0.6) is 0 Å². The molecule has 0 amide bonds. The summed E-state index contributed by atoms with van der Waals surface area (Å²) in [4.78, 5) is 3.51. The molecule has 1 aromatic heterocycles. The Morgan fingerprint density at radius 3 is 2.61 bits per heavy atom. The summed E-state index contributed by atoms with van der Waals surface area (Å²) in [7, 11) is 0. The zero-order chi connectivity index (χ0) is 13.1. The lowest BCUT2D eigenvalue weighted by molar-refractivity contribution is 0.459. The third kappa shape index (κ3) is 2.44. The smallest absolute Gasteiger partial charge is 0.0458 e. The first-order chi connectivity index (χ1) is 8.65. The Hall–Kier alpha value is -1.28. The number of benzene rings is 1. The summed E-state index contributed by atoms with van der Waals surface area (Å²) in [6.45, 7) is 7.59. The van der Waals surface area contributed by atoms with Gasteiger partial charge in [-0.2, -0.15) is 0 Å². The molecule has 1 heterocycles. The summed E-state index contributed by atoms with van der Waals surface area (Å²) >= 11 is 0. The molecule has 0 aliphatic heterocycles. The predicted octanol–water partition coefficient (Wildman–Crippen LogP) is 3.95. The third-order valence-electron chi connectivity index (χ3n) is 3.84. The molecule has 2 rings (SSSR count). The van der Waals surface area contributed by atoms with E-state index in [1.165, 1.54) is 28.6 Å². The van der Waals surface area contributed by atoms with E-state index in [0.717, 1.165) is 13.0 Å². The van der Waals surface area contributed by atoms with Gasteiger partial charge in [-0.3, -0.25) is 0 Å². The van der Waals surface area contributed by atoms with Gasteiger partial charge in [0.05, 0.1) is 0 Å². The number of aryl methyl sites for hydroxylation is 1. The van der Waals surface area contributed by atoms with Gasteiger partial charge in [-0.1, -0.05) is 32.0 Å². The summed E-state index contributed by atoms with van der Waals surface area (Å²) < 4.78 is 0. The quantitative estimate of drug-likeness (QED) is 0.821. The molecule has 18 heavy (non-hydrogen) atoms. The molecule has 2 nitrogen and oxygen atoms in total. The zero-order valence-electron chi connectivity index (χ0n) is 11.7. The van der Waals surface area contributed by atoms with Gasteiger partial charge in [-0.15, -0.1) is 0 Å². The molecule has 0 saturated carbocycles. The molecule has 1 atom stereocenters. The van der Waals surface area contributed by atoms with Crippen LogP contribution in [0.1, 0.15) is 43.9 Å². The van der Waals surface area contributed by atoms with Crippen LogP contribution in [0.2, 0.25) is 0 Å². The second-order valence-electron chi connectivity index (χ2n) is 5.49. The second-order valence-corrected chi connectivity index (χ2v) is 5.49. The maximum atomic E-state index is 5.67. The molecular formula is C16H24N2. The highest BCUT2D eigenvalue weighted by Gasteiger charge is 2.21. The highest BCUT2D eigenvalue weighted by atomic mass is 14.7. The van der Waals surface area contributed by atoms with Crippen LogP contribution in [-0.2, 0) is 0 Å². The number of aromatic nitrogens is 1. The maximum Gasteiger partial charge on any atom is 0.0458 e. The van der Waals surface area contributed by atoms with Gasteiger partial charge in [-0.25, -0.2) is 0 Å². The molecule has 2 heteroatoms. The largest absolute Gasteiger partial charge is 0.358 e. The van der Waals surface area contributed by atoms with Crippen molar-refractivity contribution in [2.24, 2.45) is 11.7 Å². The van der Waals surface area contributed by atoms with Crippen LogP contribution in [0.4, 0.5) is 0 Å². The van der Waals surface area contributed by atoms with Crippen LogP contribution in [-0.4, -0.2) is 11.5 Å². The van der Waals surface area contributed by atoms with Gasteiger partial charge in [0, 0.05) is 16.6 Å². The minimum Gasteiger partial charge on any atom is -0.358 e. The number of nitrogens with one attached hydrogen (secondary N) is 1. The van der Waals surface area contributed by atoms with E-state index in [4.69, 9.17) is 5.73 Å². The lowest BCUT2D eigenvalue weighted by Gasteiger charge is -2.21. The predicted molar refractivity (Wildman–Crippen MR) is 78.9 cm³/mol. The molecule has 0 spiro atoms. The van der Waals surface area contributed by atoms with Crippen LogP contribution in [0.3, 0.4) is 0 Å². The van der Waals surface area contributed by atoms with Crippen molar-refractivity contribution in [3.05, 3.63) is 35.5 Å². The summed E-state index contributed by atoms with van der Waals surface area (Å²) in [5.74, 6) is 1.25. The molecule has 0 saturated heterocycles. The van der Waals surface area contributed by atoms with E-state index in [9.17, 15) is 0 Å². The Labute approximate surface area is 110 Å². The molecule has 0 fully saturated rings. The van der Waals surface area contributed by atoms with Gasteiger partial charge in [0.15, 0.2) is 0 Å². The van der Waals surface area contributed by atoms with Crippen LogP contribution in [0, 0.1) is 12.8 Å². The van der Waals surface area contributed by atoms with Gasteiger partial charge < -0.3 is 10.7 Å². The molecule has 3 N–H and O–H groups in total. The van der Waals surface area contributed by atoms with Crippen molar-refractivity contribution >= 4 is 10.9 Å². The van der Waals surface area contributed by atoms with Gasteiger partial charge in [0.1, 0.15) is 0 Å². The minimum atomic E-state index is 0.602. The summed E-state index contributed by atoms with van der Waals surface area (Å²) in [6.07, 6.45) is 2.28. The average molecular weight is 244 g/mol. The normalized spacial score (nSPS) is 13.4. The number of aromatic amines is 1. The number of para-hydroxylation sites is 1. The highest BCUT2D eigenvalue weighted by Crippen LogP contribution is 2.36. The van der Waals surface area contributed by atoms with Crippen LogP contribution < -0.4 is 5.73 Å². The van der Waals surface area contributed by atoms with Crippen molar-refractivity contribution in [3.8, 4) is 0 Å². The summed E-state index contributed by atoms with van der Waals surface area (Å²) in [6, 6.07) is 8.60. The zero-order valence-corrected chi connectivity index (χ0v) is 11.7. The van der Waals surface area contributed by atoms with Crippen molar-refractivity contribution < 1.29 is 0 Å². The lowest BCUT2D eigenvalue weighted by Crippen LogP contribution is -2.10. The molecule has 1 unspecified atom stereocenters. The van der Waals surface area contributed by atoms with Crippen LogP contribution in [0.25, 0.3) is 10.9 Å². The lowest BCUT2D eigenvalue weighted by atomic mass is 9.83. The number of nitrogens with two attached hydrogens (primary N) is 1. The number of rotatable bonds is 5. The summed E-state index contributed by atoms with van der Waals surface area (Å²) in [5, 5.41) is 1.38. The average Bonchev–Trinajstić information content (AvgIpc) is 2.66. The second kappa shape index (κ2) is 5.57. The first-order valence-electron chi connectivity index (χ1n) is 6.92. The van der Waals surface area contributed by atoms with Crippen molar-refractivity contribution in [2.75, 3.05) is 6.54 Å². The fourth-order valence-electron chi connectivity index (χ4n) is 2.92. The third-order valence-corrected chi connectivity index (χ3v) is 3.84. The number of hydrogen-bond acceptors (Lipinski definition) is 1. The Morgan fingerprint density at radius 1 is 1.22 bits per heavy atom. The Bertz CT molecular complexity index is 511. The number of hydrogen-bond donors (Lipinski definition) is 2. The molecule has 98 valence electrons. The first-order valence-corrected chi connectivity index (χ1v) is 6.92. The van der Waals surface area contributed by atoms with E-state index in [0.29, 0.717) is 11.8 Å². The molecule has 0 bridgehead atoms. The topological polar surface area (TPSA) is 41.8 Å². The standard InChI is InChI=1S/C16H24N2/c1-11(2)13(8-6-10-17)16-12(3)18-15-9-5-4-7-14(15)16/h4-5,7,9,11,13,18H,6,8,10,17H2,1-3H3. The first kappa shape index (κ1) is 13.2. The van der Waals surface area contributed by atoms with Crippen molar-refractivity contribution in [1.29, 1.82) is 0 Å². The summed E-state index contributed by atoms with van der Waals surface area (Å²) in [5.41, 5.74) is 9.73. The van der Waals surface area contributed by atoms with E-state index in [1.54, 1.807) is 0 Å². The fraction of sp³-hybridized carbons (Fsp3) is 0.500. The van der Waals surface area contributed by atoms with E-state index >= 15 is 0 Å². The molecular weight excluding hydrogens is 220 g/mol. The van der Waals surface area contributed by atoms with Gasteiger partial charge in [0.25, 0.3) is 0 Å². The van der Waals surface area contributed by atoms with Crippen molar-refractivity contribution in [2.45, 2.75) is 39.5 Å². The molecule has 0 aliphatic carbocycles. The van der Waals surface area contributed by atoms with Gasteiger partial charge >= 0.3 is 0 Å². The van der Waals surface area contributed by atoms with E-state index < -0.39 is 0 Å². The highest BCUT2D eigenvalue weighted by molar-refractivity contribution is 5.85. The van der Waals surface area contributed by atoms with Crippen molar-refractivity contribution in [3.63, 3.8) is 0 Å². The van der Waals surface area contributed by atoms with Gasteiger partial charge in [0.2, 0.25) is 0 Å². The van der Waals surface area contributed by atoms with E-state index in [-0.39, 0.29) is 0 Å².